The highest BCUT2D eigenvalue weighted by Crippen LogP contribution is 2.29. The Balaban J connectivity index is 1.65. The number of thiophene rings is 1. The van der Waals surface area contributed by atoms with Crippen LogP contribution in [0.15, 0.2) is 72.2 Å². The molecule has 2 N–H and O–H groups in total. The molecule has 8 nitrogen and oxygen atoms in total. The maximum absolute atomic E-state index is 12.9. The highest BCUT2D eigenvalue weighted by molar-refractivity contribution is 7.13. The molecule has 156 valence electrons. The predicted molar refractivity (Wildman–Crippen MR) is 120 cm³/mol. The smallest absolute Gasteiger partial charge is 0.292 e. The lowest BCUT2D eigenvalue weighted by Crippen LogP contribution is -2.26. The van der Waals surface area contributed by atoms with Gasteiger partial charge in [-0.3, -0.25) is 14.9 Å². The summed E-state index contributed by atoms with van der Waals surface area (Å²) >= 11 is 1.57. The second-order valence-corrected chi connectivity index (χ2v) is 7.90. The number of carbonyl (C=O) groups excluding carboxylic acids is 1. The second kappa shape index (κ2) is 8.41. The summed E-state index contributed by atoms with van der Waals surface area (Å²) in [6.07, 6.45) is 1.90. The Morgan fingerprint density at radius 2 is 1.97 bits per heavy atom. The summed E-state index contributed by atoms with van der Waals surface area (Å²) in [6, 6.07) is 17.7. The topological polar surface area (TPSA) is 107 Å². The lowest BCUT2D eigenvalue weighted by Gasteiger charge is -2.17. The van der Waals surface area contributed by atoms with Crippen molar-refractivity contribution in [3.05, 3.63) is 93.5 Å². The first-order chi connectivity index (χ1) is 14.9. The summed E-state index contributed by atoms with van der Waals surface area (Å²) < 4.78 is 1.79. The van der Waals surface area contributed by atoms with E-state index >= 15 is 0 Å². The van der Waals surface area contributed by atoms with Crippen molar-refractivity contribution in [3.8, 4) is 16.3 Å². The van der Waals surface area contributed by atoms with E-state index in [4.69, 9.17) is 10.8 Å². The number of rotatable bonds is 6. The van der Waals surface area contributed by atoms with Gasteiger partial charge in [0.05, 0.1) is 15.5 Å². The van der Waals surface area contributed by atoms with Crippen LogP contribution in [0.3, 0.4) is 0 Å². The first-order valence-corrected chi connectivity index (χ1v) is 10.3. The molecule has 2 heterocycles. The molecule has 4 rings (SSSR count). The van der Waals surface area contributed by atoms with Crippen molar-refractivity contribution in [1.29, 1.82) is 0 Å². The molecule has 9 heteroatoms. The van der Waals surface area contributed by atoms with Crippen molar-refractivity contribution in [1.82, 2.24) is 14.7 Å². The van der Waals surface area contributed by atoms with Gasteiger partial charge < -0.3 is 10.6 Å². The van der Waals surface area contributed by atoms with Gasteiger partial charge in [0.2, 0.25) is 0 Å². The fourth-order valence-electron chi connectivity index (χ4n) is 3.24. The molecule has 4 aromatic rings. The van der Waals surface area contributed by atoms with E-state index in [1.807, 2.05) is 54.0 Å². The van der Waals surface area contributed by atoms with Crippen LogP contribution in [0.4, 0.5) is 11.4 Å². The number of aromatic nitrogens is 2. The molecule has 0 radical (unpaired) electrons. The molecule has 0 fully saturated rings. The summed E-state index contributed by atoms with van der Waals surface area (Å²) in [4.78, 5) is 26.0. The largest absolute Gasteiger partial charge is 0.393 e. The van der Waals surface area contributed by atoms with Crippen molar-refractivity contribution in [2.75, 3.05) is 12.8 Å². The maximum Gasteiger partial charge on any atom is 0.292 e. The van der Waals surface area contributed by atoms with Gasteiger partial charge >= 0.3 is 0 Å². The fraction of sp³-hybridized carbons (Fsp3) is 0.0909. The van der Waals surface area contributed by atoms with Crippen LogP contribution in [-0.4, -0.2) is 32.6 Å². The van der Waals surface area contributed by atoms with Crippen LogP contribution in [0.5, 0.6) is 0 Å². The Kier molecular flexibility index (Phi) is 5.50. The Morgan fingerprint density at radius 1 is 1.19 bits per heavy atom. The Hall–Kier alpha value is -3.98. The summed E-state index contributed by atoms with van der Waals surface area (Å²) in [5, 5.41) is 17.9. The summed E-state index contributed by atoms with van der Waals surface area (Å²) in [7, 11) is 1.66. The lowest BCUT2D eigenvalue weighted by molar-refractivity contribution is -0.383. The average Bonchev–Trinajstić information content (AvgIpc) is 3.44. The molecule has 0 spiro atoms. The van der Waals surface area contributed by atoms with Crippen molar-refractivity contribution in [2.24, 2.45) is 0 Å². The molecule has 0 aliphatic heterocycles. The lowest BCUT2D eigenvalue weighted by atomic mass is 10.1. The number of hydrogen-bond donors (Lipinski definition) is 1. The SMILES string of the molecule is CN(Cc1cn(-c2ccccc2)nc1-c1cccs1)C(=O)c1ccc(N)c([N+](=O)[O-])c1. The van der Waals surface area contributed by atoms with Gasteiger partial charge in [-0.25, -0.2) is 4.68 Å². The van der Waals surface area contributed by atoms with Crippen LogP contribution in [0.25, 0.3) is 16.3 Å². The van der Waals surface area contributed by atoms with E-state index in [9.17, 15) is 14.9 Å². The molecule has 2 aromatic heterocycles. The van der Waals surface area contributed by atoms with E-state index in [0.29, 0.717) is 0 Å². The zero-order chi connectivity index (χ0) is 22.0. The van der Waals surface area contributed by atoms with Crippen molar-refractivity contribution < 1.29 is 9.72 Å². The van der Waals surface area contributed by atoms with Gasteiger partial charge in [-0.15, -0.1) is 11.3 Å². The van der Waals surface area contributed by atoms with E-state index in [-0.39, 0.29) is 29.4 Å². The normalized spacial score (nSPS) is 10.7. The molecule has 0 saturated heterocycles. The molecular formula is C22H19N5O3S. The number of nitrogens with two attached hydrogens (primary N) is 1. The minimum absolute atomic E-state index is 0.0216. The summed E-state index contributed by atoms with van der Waals surface area (Å²) in [6.45, 7) is 0.289. The zero-order valence-corrected chi connectivity index (χ0v) is 17.5. The predicted octanol–water partition coefficient (Wildman–Crippen LogP) is 4.36. The minimum Gasteiger partial charge on any atom is -0.393 e. The van der Waals surface area contributed by atoms with Crippen molar-refractivity contribution in [2.45, 2.75) is 6.54 Å². The summed E-state index contributed by atoms with van der Waals surface area (Å²) in [5.74, 6) is -0.340. The van der Waals surface area contributed by atoms with E-state index in [0.717, 1.165) is 21.8 Å². The van der Waals surface area contributed by atoms with Crippen molar-refractivity contribution in [3.63, 3.8) is 0 Å². The highest BCUT2D eigenvalue weighted by Gasteiger charge is 2.21. The molecule has 0 atom stereocenters. The molecule has 0 bridgehead atoms. The molecule has 0 aliphatic carbocycles. The van der Waals surface area contributed by atoms with Gasteiger partial charge in [-0.1, -0.05) is 24.3 Å². The Bertz CT molecular complexity index is 1240. The van der Waals surface area contributed by atoms with Crippen LogP contribution in [-0.2, 0) is 6.54 Å². The first kappa shape index (κ1) is 20.3. The molecule has 0 saturated carbocycles. The number of nitrogen functional groups attached to an aromatic ring is 1. The van der Waals surface area contributed by atoms with Gasteiger partial charge in [0.1, 0.15) is 11.4 Å². The number of carbonyl (C=O) groups is 1. The van der Waals surface area contributed by atoms with Crippen molar-refractivity contribution >= 4 is 28.6 Å². The van der Waals surface area contributed by atoms with E-state index in [1.165, 1.54) is 23.1 Å². The van der Waals surface area contributed by atoms with E-state index < -0.39 is 4.92 Å². The molecule has 0 aliphatic rings. The number of nitro groups is 1. The number of benzene rings is 2. The molecule has 0 unspecified atom stereocenters. The maximum atomic E-state index is 12.9. The number of nitrogens with zero attached hydrogens (tertiary/aromatic N) is 4. The Morgan fingerprint density at radius 3 is 2.65 bits per heavy atom. The van der Waals surface area contributed by atoms with Gasteiger partial charge in [-0.05, 0) is 35.7 Å². The van der Waals surface area contributed by atoms with Crippen LogP contribution in [0.1, 0.15) is 15.9 Å². The van der Waals surface area contributed by atoms with Gasteiger partial charge in [0.25, 0.3) is 11.6 Å². The first-order valence-electron chi connectivity index (χ1n) is 9.41. The monoisotopic (exact) mass is 433 g/mol. The third-order valence-electron chi connectivity index (χ3n) is 4.79. The molecule has 2 aromatic carbocycles. The summed E-state index contributed by atoms with van der Waals surface area (Å²) in [5.41, 5.74) is 8.16. The van der Waals surface area contributed by atoms with Gasteiger partial charge in [0, 0.05) is 37.0 Å². The number of anilines is 1. The third-order valence-corrected chi connectivity index (χ3v) is 5.67. The van der Waals surface area contributed by atoms with Crippen LogP contribution in [0.2, 0.25) is 0 Å². The van der Waals surface area contributed by atoms with Crippen LogP contribution in [0, 0.1) is 10.1 Å². The van der Waals surface area contributed by atoms with Gasteiger partial charge in [0.15, 0.2) is 0 Å². The van der Waals surface area contributed by atoms with E-state index in [2.05, 4.69) is 0 Å². The molecular weight excluding hydrogens is 414 g/mol. The molecule has 1 amide bonds. The molecule has 31 heavy (non-hydrogen) atoms. The quantitative estimate of drug-likeness (QED) is 0.276. The number of nitro benzene ring substituents is 1. The zero-order valence-electron chi connectivity index (χ0n) is 16.6. The highest BCUT2D eigenvalue weighted by atomic mass is 32.1. The standard InChI is InChI=1S/C22H19N5O3S/c1-25(22(28)15-9-10-18(23)19(12-15)27(29)30)13-16-14-26(17-6-3-2-4-7-17)24-21(16)20-8-5-11-31-20/h2-12,14H,13,23H2,1H3. The van der Waals surface area contributed by atoms with Crippen LogP contribution >= 0.6 is 11.3 Å². The fourth-order valence-corrected chi connectivity index (χ4v) is 3.99. The second-order valence-electron chi connectivity index (χ2n) is 6.95. The van der Waals surface area contributed by atoms with Crippen LogP contribution < -0.4 is 5.73 Å². The number of hydrogen-bond acceptors (Lipinski definition) is 6. The van der Waals surface area contributed by atoms with E-state index in [1.54, 1.807) is 23.1 Å². The Labute approximate surface area is 182 Å². The number of para-hydroxylation sites is 1. The number of amides is 1. The third kappa shape index (κ3) is 4.17. The minimum atomic E-state index is -0.592. The average molecular weight is 433 g/mol. The van der Waals surface area contributed by atoms with Gasteiger partial charge in [-0.2, -0.15) is 5.10 Å².